The number of alkyl halides is 3. The molecule has 0 saturated heterocycles. The molecule has 1 rings (SSSR count). The molecule has 0 aromatic carbocycles. The van der Waals surface area contributed by atoms with Crippen LogP contribution in [-0.2, 0) is 5.33 Å². The van der Waals surface area contributed by atoms with Gasteiger partial charge in [-0.15, -0.1) is 0 Å². The third-order valence-corrected chi connectivity index (χ3v) is 2.70. The molecule has 2 nitrogen and oxygen atoms in total. The molecule has 1 aromatic rings. The minimum atomic E-state index is -2.76. The quantitative estimate of drug-likeness (QED) is 0.836. The van der Waals surface area contributed by atoms with Gasteiger partial charge in [-0.25, -0.2) is 8.78 Å². The highest BCUT2D eigenvalue weighted by Gasteiger charge is 2.16. The van der Waals surface area contributed by atoms with Crippen LogP contribution in [0, 0.1) is 0 Å². The number of pyridine rings is 1. The third kappa shape index (κ3) is 2.37. The van der Waals surface area contributed by atoms with Crippen molar-refractivity contribution >= 4 is 31.9 Å². The lowest BCUT2D eigenvalue weighted by molar-refractivity contribution is 0.148. The van der Waals surface area contributed by atoms with Crippen molar-refractivity contribution in [2.45, 2.75) is 11.8 Å². The minimum absolute atomic E-state index is 0.140. The van der Waals surface area contributed by atoms with Crippen LogP contribution in [-0.4, -0.2) is 4.98 Å². The smallest absolute Gasteiger partial charge is 0.270 e. The first kappa shape index (κ1) is 10.8. The van der Waals surface area contributed by atoms with E-state index in [0.29, 0.717) is 11.0 Å². The Kier molecular flexibility index (Phi) is 3.61. The Balaban J connectivity index is 3.32. The number of hydrogen-bond acceptors (Lipinski definition) is 1. The molecule has 0 fully saturated rings. The molecule has 0 bridgehead atoms. The molecule has 0 spiro atoms. The summed E-state index contributed by atoms with van der Waals surface area (Å²) in [5.74, 6) is 0. The summed E-state index contributed by atoms with van der Waals surface area (Å²) in [4.78, 5) is 13.4. The maximum absolute atomic E-state index is 12.3. The molecule has 1 N–H and O–H groups in total. The number of aromatic amines is 1. The van der Waals surface area contributed by atoms with Crippen molar-refractivity contribution in [1.82, 2.24) is 4.98 Å². The van der Waals surface area contributed by atoms with E-state index in [9.17, 15) is 13.6 Å². The molecular weight excluding hydrogens is 312 g/mol. The van der Waals surface area contributed by atoms with E-state index in [1.165, 1.54) is 6.07 Å². The molecule has 72 valence electrons. The summed E-state index contributed by atoms with van der Waals surface area (Å²) < 4.78 is 24.7. The van der Waals surface area contributed by atoms with Crippen molar-refractivity contribution in [3.8, 4) is 0 Å². The van der Waals surface area contributed by atoms with Crippen molar-refractivity contribution in [1.29, 1.82) is 0 Å². The molecule has 0 aliphatic carbocycles. The van der Waals surface area contributed by atoms with E-state index in [4.69, 9.17) is 0 Å². The Morgan fingerprint density at radius 1 is 1.54 bits per heavy atom. The van der Waals surface area contributed by atoms with Crippen molar-refractivity contribution in [3.05, 3.63) is 32.2 Å². The van der Waals surface area contributed by atoms with Gasteiger partial charge in [0.1, 0.15) is 0 Å². The van der Waals surface area contributed by atoms with Gasteiger partial charge in [-0.1, -0.05) is 31.9 Å². The summed E-state index contributed by atoms with van der Waals surface area (Å²) in [5.41, 5.74) is -0.718. The molecule has 13 heavy (non-hydrogen) atoms. The maximum atomic E-state index is 12.3. The van der Waals surface area contributed by atoms with Crippen LogP contribution in [0.1, 0.15) is 17.7 Å². The van der Waals surface area contributed by atoms with Crippen LogP contribution in [0.3, 0.4) is 0 Å². The number of aromatic nitrogens is 1. The van der Waals surface area contributed by atoms with E-state index in [1.54, 1.807) is 0 Å². The fourth-order valence-corrected chi connectivity index (χ4v) is 1.80. The molecule has 0 unspecified atom stereocenters. The van der Waals surface area contributed by atoms with Gasteiger partial charge in [0, 0.05) is 15.5 Å². The molecule has 1 aromatic heterocycles. The van der Waals surface area contributed by atoms with Crippen LogP contribution < -0.4 is 5.56 Å². The normalized spacial score (nSPS) is 10.8. The Morgan fingerprint density at radius 3 is 2.54 bits per heavy atom. The zero-order valence-corrected chi connectivity index (χ0v) is 9.45. The van der Waals surface area contributed by atoms with E-state index < -0.39 is 17.5 Å². The second kappa shape index (κ2) is 4.32. The third-order valence-electron chi connectivity index (χ3n) is 1.44. The second-order valence-electron chi connectivity index (χ2n) is 2.32. The summed E-state index contributed by atoms with van der Waals surface area (Å²) in [7, 11) is 0. The van der Waals surface area contributed by atoms with Gasteiger partial charge < -0.3 is 4.98 Å². The summed E-state index contributed by atoms with van der Waals surface area (Å²) in [6.45, 7) is 0. The number of halogens is 4. The van der Waals surface area contributed by atoms with Crippen molar-refractivity contribution in [3.63, 3.8) is 0 Å². The van der Waals surface area contributed by atoms with Crippen LogP contribution in [0.2, 0.25) is 0 Å². The first-order valence-corrected chi connectivity index (χ1v) is 5.23. The van der Waals surface area contributed by atoms with Gasteiger partial charge >= 0.3 is 0 Å². The topological polar surface area (TPSA) is 32.9 Å². The molecule has 0 aliphatic rings. The SMILES string of the molecule is O=c1[nH]c(CBr)cc(Br)c1C(F)F. The molecular formula is C7H5Br2F2NO. The molecule has 0 saturated carbocycles. The van der Waals surface area contributed by atoms with Crippen molar-refractivity contribution < 1.29 is 8.78 Å². The zero-order valence-electron chi connectivity index (χ0n) is 6.28. The number of rotatable bonds is 2. The predicted octanol–water partition coefficient (Wildman–Crippen LogP) is 2.97. The Morgan fingerprint density at radius 2 is 2.15 bits per heavy atom. The summed E-state index contributed by atoms with van der Waals surface area (Å²) in [6.07, 6.45) is -2.76. The second-order valence-corrected chi connectivity index (χ2v) is 3.73. The average Bonchev–Trinajstić information content (AvgIpc) is 2.02. The standard InChI is InChI=1S/C7H5Br2F2NO/c8-2-3-1-4(9)5(6(10)11)7(13)12-3/h1,6H,2H2,(H,12,13). The van der Waals surface area contributed by atoms with Gasteiger partial charge in [-0.3, -0.25) is 4.79 Å². The Bertz CT molecular complexity index is 364. The van der Waals surface area contributed by atoms with Gasteiger partial charge in [0.25, 0.3) is 12.0 Å². The Labute approximate surface area is 89.6 Å². The van der Waals surface area contributed by atoms with Crippen molar-refractivity contribution in [2.24, 2.45) is 0 Å². The fraction of sp³-hybridized carbons (Fsp3) is 0.286. The van der Waals surface area contributed by atoms with Gasteiger partial charge in [0.05, 0.1) is 5.56 Å². The van der Waals surface area contributed by atoms with Crippen LogP contribution in [0.4, 0.5) is 8.78 Å². The largest absolute Gasteiger partial charge is 0.325 e. The van der Waals surface area contributed by atoms with Crippen LogP contribution in [0.25, 0.3) is 0 Å². The average molecular weight is 317 g/mol. The van der Waals surface area contributed by atoms with E-state index >= 15 is 0 Å². The number of hydrogen-bond donors (Lipinski definition) is 1. The number of nitrogens with one attached hydrogen (secondary N) is 1. The van der Waals surface area contributed by atoms with Crippen LogP contribution >= 0.6 is 31.9 Å². The van der Waals surface area contributed by atoms with Crippen molar-refractivity contribution in [2.75, 3.05) is 0 Å². The van der Waals surface area contributed by atoms with Gasteiger partial charge in [-0.05, 0) is 6.07 Å². The lowest BCUT2D eigenvalue weighted by Gasteiger charge is -2.03. The summed E-state index contributed by atoms with van der Waals surface area (Å²) in [5, 5.41) is 0.421. The monoisotopic (exact) mass is 315 g/mol. The summed E-state index contributed by atoms with van der Waals surface area (Å²) in [6, 6.07) is 1.46. The Hall–Kier alpha value is -0.230. The van der Waals surface area contributed by atoms with Crippen LogP contribution in [0.5, 0.6) is 0 Å². The van der Waals surface area contributed by atoms with E-state index in [-0.39, 0.29) is 4.47 Å². The zero-order chi connectivity index (χ0) is 10.0. The highest BCUT2D eigenvalue weighted by molar-refractivity contribution is 9.10. The highest BCUT2D eigenvalue weighted by atomic mass is 79.9. The maximum Gasteiger partial charge on any atom is 0.270 e. The lowest BCUT2D eigenvalue weighted by Crippen LogP contribution is -2.15. The first-order chi connectivity index (χ1) is 6.06. The van der Waals surface area contributed by atoms with Gasteiger partial charge in [0.2, 0.25) is 0 Å². The molecule has 1 heterocycles. The highest BCUT2D eigenvalue weighted by Crippen LogP contribution is 2.24. The minimum Gasteiger partial charge on any atom is -0.325 e. The van der Waals surface area contributed by atoms with Gasteiger partial charge in [-0.2, -0.15) is 0 Å². The molecule has 6 heteroatoms. The van der Waals surface area contributed by atoms with E-state index in [1.807, 2.05) is 0 Å². The number of H-pyrrole nitrogens is 1. The lowest BCUT2D eigenvalue weighted by atomic mass is 10.2. The first-order valence-electron chi connectivity index (χ1n) is 3.32. The molecule has 0 radical (unpaired) electrons. The fourth-order valence-electron chi connectivity index (χ4n) is 0.864. The molecule has 0 aliphatic heterocycles. The van der Waals surface area contributed by atoms with E-state index in [0.717, 1.165) is 0 Å². The van der Waals surface area contributed by atoms with E-state index in [2.05, 4.69) is 36.8 Å². The molecule has 0 atom stereocenters. The predicted molar refractivity (Wildman–Crippen MR) is 52.4 cm³/mol. The summed E-state index contributed by atoms with van der Waals surface area (Å²) >= 11 is 6.03. The van der Waals surface area contributed by atoms with Crippen LogP contribution in [0.15, 0.2) is 15.3 Å². The molecule has 0 amide bonds. The van der Waals surface area contributed by atoms with Gasteiger partial charge in [0.15, 0.2) is 0 Å².